The van der Waals surface area contributed by atoms with Crippen LogP contribution in [0.25, 0.3) is 43.7 Å². The van der Waals surface area contributed by atoms with E-state index in [9.17, 15) is 9.59 Å². The van der Waals surface area contributed by atoms with Gasteiger partial charge in [0.25, 0.3) is 0 Å². The lowest BCUT2D eigenvalue weighted by atomic mass is 9.82. The van der Waals surface area contributed by atoms with Crippen molar-refractivity contribution in [1.82, 2.24) is 14.9 Å². The molecule has 0 unspecified atom stereocenters. The monoisotopic (exact) mass is 495 g/mol. The van der Waals surface area contributed by atoms with Crippen molar-refractivity contribution in [3.8, 4) is 11.1 Å². The van der Waals surface area contributed by atoms with Crippen molar-refractivity contribution < 1.29 is 9.59 Å². The zero-order valence-corrected chi connectivity index (χ0v) is 20.7. The lowest BCUT2D eigenvalue weighted by Gasteiger charge is -2.15. The summed E-state index contributed by atoms with van der Waals surface area (Å²) < 4.78 is 2.27. The number of fused-ring (bicyclic) bond motifs is 2. The van der Waals surface area contributed by atoms with Crippen LogP contribution >= 0.6 is 0 Å². The highest BCUT2D eigenvalue weighted by Crippen LogP contribution is 2.45. The van der Waals surface area contributed by atoms with Crippen LogP contribution in [-0.4, -0.2) is 21.4 Å². The second-order valence-corrected chi connectivity index (χ2v) is 10.5. The van der Waals surface area contributed by atoms with Gasteiger partial charge in [-0.3, -0.25) is 14.9 Å². The molecule has 2 atom stereocenters. The molecule has 0 spiro atoms. The van der Waals surface area contributed by atoms with E-state index < -0.39 is 11.8 Å². The van der Waals surface area contributed by atoms with Crippen LogP contribution < -0.4 is 5.32 Å². The number of nitrogens with one attached hydrogen (secondary N) is 2. The smallest absolute Gasteiger partial charge is 0.235 e. The number of H-pyrrole nitrogens is 1. The van der Waals surface area contributed by atoms with E-state index in [2.05, 4.69) is 99.9 Å². The van der Waals surface area contributed by atoms with Crippen LogP contribution in [0.5, 0.6) is 0 Å². The molecule has 2 aliphatic heterocycles. The summed E-state index contributed by atoms with van der Waals surface area (Å²) in [4.78, 5) is 30.1. The van der Waals surface area contributed by atoms with Gasteiger partial charge in [0, 0.05) is 35.2 Å². The molecule has 4 heterocycles. The SMILES string of the molecule is O=C1NC(=O)[C@H](c2cn3c4c(cccc24)CCC3)[C@H]1c1c[nH]c2ccc(-c3cccc4ccccc34)cc12. The number of hydrogen-bond acceptors (Lipinski definition) is 2. The van der Waals surface area contributed by atoms with E-state index in [1.807, 2.05) is 6.20 Å². The Bertz CT molecular complexity index is 1940. The average Bonchev–Trinajstić information content (AvgIpc) is 3.61. The van der Waals surface area contributed by atoms with Gasteiger partial charge >= 0.3 is 0 Å². The normalized spacial score (nSPS) is 19.1. The van der Waals surface area contributed by atoms with Crippen molar-refractivity contribution >= 4 is 44.4 Å². The van der Waals surface area contributed by atoms with Crippen LogP contribution in [0.4, 0.5) is 0 Å². The highest BCUT2D eigenvalue weighted by Gasteiger charge is 2.45. The third kappa shape index (κ3) is 2.99. The van der Waals surface area contributed by atoms with Crippen molar-refractivity contribution in [2.75, 3.05) is 0 Å². The molecule has 5 nitrogen and oxygen atoms in total. The number of carbonyl (C=O) groups excluding carboxylic acids is 2. The predicted molar refractivity (Wildman–Crippen MR) is 150 cm³/mol. The molecule has 0 saturated carbocycles. The molecule has 38 heavy (non-hydrogen) atoms. The summed E-state index contributed by atoms with van der Waals surface area (Å²) in [5, 5.41) is 7.09. The summed E-state index contributed by atoms with van der Waals surface area (Å²) in [6, 6.07) is 27.4. The number of imide groups is 1. The van der Waals surface area contributed by atoms with Crippen LogP contribution in [-0.2, 0) is 22.6 Å². The quantitative estimate of drug-likeness (QED) is 0.279. The molecule has 1 fully saturated rings. The number of aromatic nitrogens is 2. The topological polar surface area (TPSA) is 66.9 Å². The molecule has 2 aliphatic rings. The number of hydrogen-bond donors (Lipinski definition) is 2. The van der Waals surface area contributed by atoms with E-state index in [1.54, 1.807) is 0 Å². The van der Waals surface area contributed by atoms with Crippen molar-refractivity contribution in [3.05, 3.63) is 108 Å². The van der Waals surface area contributed by atoms with E-state index in [4.69, 9.17) is 0 Å². The lowest BCUT2D eigenvalue weighted by Crippen LogP contribution is -2.21. The van der Waals surface area contributed by atoms with Gasteiger partial charge < -0.3 is 9.55 Å². The largest absolute Gasteiger partial charge is 0.361 e. The van der Waals surface area contributed by atoms with E-state index in [-0.39, 0.29) is 11.8 Å². The fourth-order valence-corrected chi connectivity index (χ4v) is 6.80. The number of amides is 2. The summed E-state index contributed by atoms with van der Waals surface area (Å²) in [7, 11) is 0. The third-order valence-electron chi connectivity index (χ3n) is 8.49. The third-order valence-corrected chi connectivity index (χ3v) is 8.49. The van der Waals surface area contributed by atoms with Crippen molar-refractivity contribution in [1.29, 1.82) is 0 Å². The number of rotatable bonds is 3. The summed E-state index contributed by atoms with van der Waals surface area (Å²) >= 11 is 0. The first-order valence-electron chi connectivity index (χ1n) is 13.2. The fraction of sp³-hybridized carbons (Fsp3) is 0.152. The number of carbonyl (C=O) groups is 2. The molecule has 8 rings (SSSR count). The Morgan fingerprint density at radius 2 is 1.55 bits per heavy atom. The number of para-hydroxylation sites is 1. The minimum atomic E-state index is -0.595. The molecule has 1 saturated heterocycles. The molecule has 2 N–H and O–H groups in total. The number of aryl methyl sites for hydroxylation is 2. The van der Waals surface area contributed by atoms with Crippen LogP contribution in [0.3, 0.4) is 0 Å². The Balaban J connectivity index is 1.30. The molecule has 2 amide bonds. The highest BCUT2D eigenvalue weighted by atomic mass is 16.2. The van der Waals surface area contributed by atoms with Crippen molar-refractivity contribution in [2.45, 2.75) is 31.2 Å². The van der Waals surface area contributed by atoms with Crippen LogP contribution in [0, 0.1) is 0 Å². The van der Waals surface area contributed by atoms with E-state index in [1.165, 1.54) is 21.9 Å². The molecule has 184 valence electrons. The van der Waals surface area contributed by atoms with Gasteiger partial charge in [0.15, 0.2) is 0 Å². The van der Waals surface area contributed by atoms with Gasteiger partial charge in [-0.05, 0) is 63.6 Å². The lowest BCUT2D eigenvalue weighted by molar-refractivity contribution is -0.125. The second kappa shape index (κ2) is 7.93. The Morgan fingerprint density at radius 1 is 0.763 bits per heavy atom. The Morgan fingerprint density at radius 3 is 2.47 bits per heavy atom. The standard InChI is InChI=1S/C33H25N3O2/c37-32-29(30(33(38)35-32)27-18-36-15-5-9-20-8-4-12-24(27)31(20)36)26-17-34-28-14-13-21(16-25(26)28)23-11-3-7-19-6-1-2-10-22(19)23/h1-4,6-8,10-14,16-18,29-30,34H,5,9,15H2,(H,35,37,38)/t29-,30-/m1/s1. The molecule has 0 bridgehead atoms. The van der Waals surface area contributed by atoms with Crippen molar-refractivity contribution in [2.24, 2.45) is 0 Å². The zero-order chi connectivity index (χ0) is 25.4. The van der Waals surface area contributed by atoms with E-state index in [0.29, 0.717) is 0 Å². The molecular weight excluding hydrogens is 470 g/mol. The first-order valence-corrected chi connectivity index (χ1v) is 13.2. The average molecular weight is 496 g/mol. The van der Waals surface area contributed by atoms with E-state index >= 15 is 0 Å². The van der Waals surface area contributed by atoms with Gasteiger partial charge in [-0.25, -0.2) is 0 Å². The van der Waals surface area contributed by atoms with Gasteiger partial charge in [0.05, 0.1) is 17.4 Å². The number of benzene rings is 4. The predicted octanol–water partition coefficient (Wildman–Crippen LogP) is 6.41. The molecule has 6 aromatic rings. The van der Waals surface area contributed by atoms with Crippen LogP contribution in [0.2, 0.25) is 0 Å². The molecule has 2 aromatic heterocycles. The minimum absolute atomic E-state index is 0.219. The summed E-state index contributed by atoms with van der Waals surface area (Å²) in [6.45, 7) is 0.932. The van der Waals surface area contributed by atoms with Gasteiger partial charge in [-0.2, -0.15) is 0 Å². The molecular formula is C33H25N3O2. The Hall–Kier alpha value is -4.64. The summed E-state index contributed by atoms with van der Waals surface area (Å²) in [5.41, 5.74) is 7.51. The molecule has 5 heteroatoms. The van der Waals surface area contributed by atoms with Gasteiger partial charge in [0.2, 0.25) is 11.8 Å². The van der Waals surface area contributed by atoms with Crippen LogP contribution in [0.15, 0.2) is 91.3 Å². The summed E-state index contributed by atoms with van der Waals surface area (Å²) in [5.74, 6) is -1.62. The highest BCUT2D eigenvalue weighted by molar-refractivity contribution is 6.13. The maximum absolute atomic E-state index is 13.4. The first-order chi connectivity index (χ1) is 18.7. The van der Waals surface area contributed by atoms with Crippen LogP contribution in [0.1, 0.15) is 34.9 Å². The number of nitrogens with zero attached hydrogens (tertiary/aromatic N) is 1. The van der Waals surface area contributed by atoms with Gasteiger partial charge in [-0.1, -0.05) is 66.7 Å². The maximum atomic E-state index is 13.4. The Kier molecular flexibility index (Phi) is 4.47. The van der Waals surface area contributed by atoms with Gasteiger partial charge in [-0.15, -0.1) is 0 Å². The second-order valence-electron chi connectivity index (χ2n) is 10.5. The zero-order valence-electron chi connectivity index (χ0n) is 20.7. The maximum Gasteiger partial charge on any atom is 0.235 e. The fourth-order valence-electron chi connectivity index (χ4n) is 6.80. The Labute approximate surface area is 219 Å². The van der Waals surface area contributed by atoms with E-state index in [0.717, 1.165) is 57.9 Å². The molecule has 0 aliphatic carbocycles. The van der Waals surface area contributed by atoms with Crippen molar-refractivity contribution in [3.63, 3.8) is 0 Å². The first kappa shape index (κ1) is 21.4. The summed E-state index contributed by atoms with van der Waals surface area (Å²) in [6.07, 6.45) is 6.15. The molecule has 4 aromatic carbocycles. The van der Waals surface area contributed by atoms with Gasteiger partial charge in [0.1, 0.15) is 0 Å². The molecule has 0 radical (unpaired) electrons. The number of aromatic amines is 1. The minimum Gasteiger partial charge on any atom is -0.361 e.